The summed E-state index contributed by atoms with van der Waals surface area (Å²) < 4.78 is 23.7. The van der Waals surface area contributed by atoms with Crippen LogP contribution in [-0.4, -0.2) is 20.0 Å². The molecule has 0 fully saturated rings. The Bertz CT molecular complexity index is 698. The molecule has 0 N–H and O–H groups in total. The average molecular weight is 309 g/mol. The van der Waals surface area contributed by atoms with Crippen LogP contribution >= 0.6 is 11.6 Å². The molecular formula is C16H14ClFO3. The van der Waals surface area contributed by atoms with Crippen LogP contribution in [0.25, 0.3) is 0 Å². The molecule has 0 bridgehead atoms. The molecule has 0 aliphatic rings. The Hall–Kier alpha value is -2.07. The summed E-state index contributed by atoms with van der Waals surface area (Å²) in [5.74, 6) is 0.126. The third kappa shape index (κ3) is 3.00. The van der Waals surface area contributed by atoms with Gasteiger partial charge in [0.05, 0.1) is 24.8 Å². The summed E-state index contributed by atoms with van der Waals surface area (Å²) in [5, 5.41) is 0.0629. The van der Waals surface area contributed by atoms with Crippen molar-refractivity contribution >= 4 is 17.4 Å². The monoisotopic (exact) mass is 308 g/mol. The van der Waals surface area contributed by atoms with Gasteiger partial charge in [-0.15, -0.1) is 0 Å². The van der Waals surface area contributed by atoms with Gasteiger partial charge in [-0.1, -0.05) is 11.6 Å². The second-order valence-electron chi connectivity index (χ2n) is 4.48. The zero-order valence-electron chi connectivity index (χ0n) is 11.9. The van der Waals surface area contributed by atoms with Gasteiger partial charge in [-0.25, -0.2) is 4.39 Å². The summed E-state index contributed by atoms with van der Waals surface area (Å²) >= 11 is 5.98. The fourth-order valence-corrected chi connectivity index (χ4v) is 2.20. The summed E-state index contributed by atoms with van der Waals surface area (Å²) in [6.45, 7) is 1.57. The Morgan fingerprint density at radius 1 is 1.10 bits per heavy atom. The van der Waals surface area contributed by atoms with Gasteiger partial charge in [0, 0.05) is 5.56 Å². The van der Waals surface area contributed by atoms with E-state index in [1.807, 2.05) is 0 Å². The predicted octanol–water partition coefficient (Wildman–Crippen LogP) is 4.04. The number of halogens is 2. The van der Waals surface area contributed by atoms with E-state index in [-0.39, 0.29) is 16.4 Å². The first-order valence-electron chi connectivity index (χ1n) is 6.20. The summed E-state index contributed by atoms with van der Waals surface area (Å²) in [6, 6.07) is 7.45. The van der Waals surface area contributed by atoms with Gasteiger partial charge in [0.15, 0.2) is 5.78 Å². The highest BCUT2D eigenvalue weighted by Crippen LogP contribution is 2.29. The predicted molar refractivity (Wildman–Crippen MR) is 79.1 cm³/mol. The van der Waals surface area contributed by atoms with Crippen LogP contribution in [0.5, 0.6) is 11.5 Å². The molecule has 110 valence electrons. The molecule has 2 aromatic rings. The summed E-state index contributed by atoms with van der Waals surface area (Å²) in [4.78, 5) is 12.6. The molecule has 2 aromatic carbocycles. The first-order valence-corrected chi connectivity index (χ1v) is 6.58. The molecule has 0 aliphatic heterocycles. The lowest BCUT2D eigenvalue weighted by atomic mass is 10.00. The molecule has 0 radical (unpaired) electrons. The molecule has 0 saturated heterocycles. The summed E-state index contributed by atoms with van der Waals surface area (Å²) in [5.41, 5.74) is 0.886. The van der Waals surface area contributed by atoms with Crippen LogP contribution < -0.4 is 9.47 Å². The molecule has 0 aliphatic carbocycles. The highest BCUT2D eigenvalue weighted by atomic mass is 35.5. The van der Waals surface area contributed by atoms with Crippen molar-refractivity contribution in [3.8, 4) is 11.5 Å². The Morgan fingerprint density at radius 3 is 2.43 bits per heavy atom. The van der Waals surface area contributed by atoms with E-state index in [1.54, 1.807) is 25.1 Å². The number of carbonyl (C=O) groups is 1. The number of benzene rings is 2. The van der Waals surface area contributed by atoms with E-state index in [4.69, 9.17) is 21.1 Å². The molecule has 2 rings (SSSR count). The van der Waals surface area contributed by atoms with Crippen LogP contribution in [0.15, 0.2) is 30.3 Å². The van der Waals surface area contributed by atoms with E-state index < -0.39 is 5.82 Å². The molecule has 5 heteroatoms. The van der Waals surface area contributed by atoms with Crippen molar-refractivity contribution in [2.24, 2.45) is 0 Å². The molecule has 0 amide bonds. The van der Waals surface area contributed by atoms with Gasteiger partial charge >= 0.3 is 0 Å². The van der Waals surface area contributed by atoms with E-state index in [0.29, 0.717) is 22.6 Å². The fraction of sp³-hybridized carbons (Fsp3) is 0.188. The molecule has 0 saturated carbocycles. The molecule has 21 heavy (non-hydrogen) atoms. The van der Waals surface area contributed by atoms with Gasteiger partial charge in [0.25, 0.3) is 0 Å². The van der Waals surface area contributed by atoms with E-state index in [1.165, 1.54) is 20.3 Å². The Labute approximate surface area is 127 Å². The van der Waals surface area contributed by atoms with Crippen molar-refractivity contribution in [3.05, 3.63) is 57.9 Å². The van der Waals surface area contributed by atoms with Crippen LogP contribution in [0.3, 0.4) is 0 Å². The lowest BCUT2D eigenvalue weighted by Crippen LogP contribution is -2.06. The lowest BCUT2D eigenvalue weighted by molar-refractivity contribution is 0.103. The van der Waals surface area contributed by atoms with Crippen molar-refractivity contribution in [3.63, 3.8) is 0 Å². The Balaban J connectivity index is 2.56. The molecule has 0 aromatic heterocycles. The first kappa shape index (κ1) is 15.3. The Morgan fingerprint density at radius 2 is 1.81 bits per heavy atom. The van der Waals surface area contributed by atoms with E-state index in [2.05, 4.69) is 0 Å². The maximum atomic E-state index is 13.4. The average Bonchev–Trinajstić information content (AvgIpc) is 2.49. The summed E-state index contributed by atoms with van der Waals surface area (Å²) in [7, 11) is 2.97. The lowest BCUT2D eigenvalue weighted by Gasteiger charge is -2.11. The largest absolute Gasteiger partial charge is 0.497 e. The van der Waals surface area contributed by atoms with Crippen LogP contribution in [-0.2, 0) is 0 Å². The van der Waals surface area contributed by atoms with Gasteiger partial charge in [-0.3, -0.25) is 4.79 Å². The quantitative estimate of drug-likeness (QED) is 0.800. The highest BCUT2D eigenvalue weighted by Gasteiger charge is 2.19. The molecular weight excluding hydrogens is 295 g/mol. The van der Waals surface area contributed by atoms with Crippen LogP contribution in [0.4, 0.5) is 4.39 Å². The standard InChI is InChI=1S/C16H14ClFO3/c1-9-6-11(13(17)8-14(9)18)16(19)12-7-10(20-2)4-5-15(12)21-3/h4-8H,1-3H3. The zero-order chi connectivity index (χ0) is 15.6. The number of methoxy groups -OCH3 is 2. The van der Waals surface area contributed by atoms with E-state index in [9.17, 15) is 9.18 Å². The van der Waals surface area contributed by atoms with Gasteiger partial charge in [0.1, 0.15) is 17.3 Å². The SMILES string of the molecule is COc1ccc(OC)c(C(=O)c2cc(C)c(F)cc2Cl)c1. The smallest absolute Gasteiger partial charge is 0.198 e. The number of ketones is 1. The minimum absolute atomic E-state index is 0.0629. The third-order valence-electron chi connectivity index (χ3n) is 3.14. The van der Waals surface area contributed by atoms with Crippen molar-refractivity contribution in [2.45, 2.75) is 6.92 Å². The topological polar surface area (TPSA) is 35.5 Å². The number of aryl methyl sites for hydroxylation is 1. The van der Waals surface area contributed by atoms with Gasteiger partial charge in [-0.05, 0) is 42.8 Å². The van der Waals surface area contributed by atoms with Crippen LogP contribution in [0, 0.1) is 12.7 Å². The second-order valence-corrected chi connectivity index (χ2v) is 4.88. The van der Waals surface area contributed by atoms with Gasteiger partial charge in [0.2, 0.25) is 0 Å². The van der Waals surface area contributed by atoms with Crippen LogP contribution in [0.2, 0.25) is 5.02 Å². The zero-order valence-corrected chi connectivity index (χ0v) is 12.6. The molecule has 0 unspecified atom stereocenters. The molecule has 3 nitrogen and oxygen atoms in total. The fourth-order valence-electron chi connectivity index (χ4n) is 1.97. The first-order chi connectivity index (χ1) is 9.97. The van der Waals surface area contributed by atoms with Crippen molar-refractivity contribution in [1.29, 1.82) is 0 Å². The summed E-state index contributed by atoms with van der Waals surface area (Å²) in [6.07, 6.45) is 0. The number of carbonyl (C=O) groups excluding carboxylic acids is 1. The minimum atomic E-state index is -0.450. The normalized spacial score (nSPS) is 10.3. The van der Waals surface area contributed by atoms with Crippen LogP contribution in [0.1, 0.15) is 21.5 Å². The van der Waals surface area contributed by atoms with Crippen molar-refractivity contribution in [1.82, 2.24) is 0 Å². The third-order valence-corrected chi connectivity index (χ3v) is 3.46. The van der Waals surface area contributed by atoms with E-state index in [0.717, 1.165) is 6.07 Å². The molecule has 0 spiro atoms. The van der Waals surface area contributed by atoms with E-state index >= 15 is 0 Å². The molecule has 0 heterocycles. The number of hydrogen-bond acceptors (Lipinski definition) is 3. The maximum Gasteiger partial charge on any atom is 0.198 e. The van der Waals surface area contributed by atoms with Gasteiger partial charge in [-0.2, -0.15) is 0 Å². The number of rotatable bonds is 4. The van der Waals surface area contributed by atoms with Crippen molar-refractivity contribution < 1.29 is 18.7 Å². The Kier molecular flexibility index (Phi) is 4.48. The second kappa shape index (κ2) is 6.14. The molecule has 0 atom stereocenters. The highest BCUT2D eigenvalue weighted by molar-refractivity contribution is 6.35. The van der Waals surface area contributed by atoms with Gasteiger partial charge < -0.3 is 9.47 Å². The minimum Gasteiger partial charge on any atom is -0.497 e. The number of hydrogen-bond donors (Lipinski definition) is 0. The number of ether oxygens (including phenoxy) is 2. The van der Waals surface area contributed by atoms with Crippen molar-refractivity contribution in [2.75, 3.05) is 14.2 Å². The maximum absolute atomic E-state index is 13.4.